The van der Waals surface area contributed by atoms with E-state index in [1.165, 1.54) is 0 Å². The van der Waals surface area contributed by atoms with Gasteiger partial charge in [0.15, 0.2) is 5.16 Å². The maximum Gasteiger partial charge on any atom is 0.187 e. The van der Waals surface area contributed by atoms with E-state index in [0.29, 0.717) is 6.54 Å². The van der Waals surface area contributed by atoms with Crippen molar-refractivity contribution < 1.29 is 0 Å². The van der Waals surface area contributed by atoms with E-state index < -0.39 is 0 Å². The van der Waals surface area contributed by atoms with Gasteiger partial charge >= 0.3 is 0 Å². The van der Waals surface area contributed by atoms with Crippen LogP contribution in [-0.4, -0.2) is 22.3 Å². The Bertz CT molecular complexity index is 182. The molecule has 0 unspecified atom stereocenters. The summed E-state index contributed by atoms with van der Waals surface area (Å²) in [5, 5.41) is 0.799. The van der Waals surface area contributed by atoms with Gasteiger partial charge in [0.25, 0.3) is 0 Å². The molecule has 0 aromatic carbocycles. The van der Waals surface area contributed by atoms with Crippen LogP contribution in [0.15, 0.2) is 23.6 Å². The third kappa shape index (κ3) is 4.19. The highest BCUT2D eigenvalue weighted by atomic mass is 35.5. The van der Waals surface area contributed by atoms with Crippen LogP contribution in [0.3, 0.4) is 0 Å². The molecule has 1 aromatic heterocycles. The first-order valence-electron chi connectivity index (χ1n) is 3.03. The average Bonchev–Trinajstić information content (AvgIpc) is 2.03. The van der Waals surface area contributed by atoms with E-state index in [1.807, 2.05) is 0 Å². The number of aromatic nitrogens is 2. The van der Waals surface area contributed by atoms with Crippen LogP contribution in [-0.2, 0) is 0 Å². The van der Waals surface area contributed by atoms with E-state index in [0.717, 1.165) is 10.9 Å². The average molecular weight is 192 g/mol. The van der Waals surface area contributed by atoms with Crippen LogP contribution in [0.2, 0.25) is 0 Å². The Morgan fingerprint density at radius 1 is 1.36 bits per heavy atom. The lowest BCUT2D eigenvalue weighted by Gasteiger charge is -1.93. The first kappa shape index (κ1) is 10.7. The van der Waals surface area contributed by atoms with Gasteiger partial charge in [0.2, 0.25) is 0 Å². The smallest absolute Gasteiger partial charge is 0.187 e. The van der Waals surface area contributed by atoms with Crippen LogP contribution in [0.4, 0.5) is 0 Å². The van der Waals surface area contributed by atoms with Crippen LogP contribution >= 0.6 is 24.2 Å². The summed E-state index contributed by atoms with van der Waals surface area (Å²) in [7, 11) is 0. The number of hydrogen-bond acceptors (Lipinski definition) is 4. The minimum absolute atomic E-state index is 0. The monoisotopic (exact) mass is 191 g/mol. The summed E-state index contributed by atoms with van der Waals surface area (Å²) in [6.45, 7) is 0.670. The van der Waals surface area contributed by atoms with E-state index in [1.54, 1.807) is 30.2 Å². The van der Waals surface area contributed by atoms with Crippen molar-refractivity contribution >= 4 is 24.2 Å². The molecule has 1 aromatic rings. The molecule has 0 aliphatic carbocycles. The van der Waals surface area contributed by atoms with E-state index in [9.17, 15) is 0 Å². The van der Waals surface area contributed by atoms with Gasteiger partial charge in [-0.15, -0.1) is 12.4 Å². The molecular formula is C6H10ClN3S. The minimum Gasteiger partial charge on any atom is -0.330 e. The Morgan fingerprint density at radius 2 is 2.00 bits per heavy atom. The normalized spacial score (nSPS) is 8.82. The number of rotatable bonds is 3. The van der Waals surface area contributed by atoms with E-state index in [2.05, 4.69) is 9.97 Å². The molecular weight excluding hydrogens is 182 g/mol. The van der Waals surface area contributed by atoms with Gasteiger partial charge in [-0.1, -0.05) is 11.8 Å². The molecule has 1 rings (SSSR count). The summed E-state index contributed by atoms with van der Waals surface area (Å²) in [6, 6.07) is 1.80. The Balaban J connectivity index is 0.000001000. The molecule has 0 saturated heterocycles. The summed E-state index contributed by atoms with van der Waals surface area (Å²) >= 11 is 1.57. The van der Waals surface area contributed by atoms with E-state index in [-0.39, 0.29) is 12.4 Å². The summed E-state index contributed by atoms with van der Waals surface area (Å²) in [5.74, 6) is 0.879. The van der Waals surface area contributed by atoms with E-state index >= 15 is 0 Å². The molecule has 11 heavy (non-hydrogen) atoms. The lowest BCUT2D eigenvalue weighted by molar-refractivity contribution is 0.964. The van der Waals surface area contributed by atoms with Gasteiger partial charge in [0, 0.05) is 24.7 Å². The SMILES string of the molecule is Cl.NCCSc1ncccn1. The highest BCUT2D eigenvalue weighted by molar-refractivity contribution is 7.99. The van der Waals surface area contributed by atoms with Crippen molar-refractivity contribution in [2.24, 2.45) is 5.73 Å². The second-order valence-electron chi connectivity index (χ2n) is 1.67. The molecule has 2 N–H and O–H groups in total. The molecule has 0 radical (unpaired) electrons. The minimum atomic E-state index is 0. The van der Waals surface area contributed by atoms with Crippen molar-refractivity contribution in [3.05, 3.63) is 18.5 Å². The maximum absolute atomic E-state index is 5.30. The number of nitrogens with zero attached hydrogens (tertiary/aromatic N) is 2. The summed E-state index contributed by atoms with van der Waals surface area (Å²) in [6.07, 6.45) is 3.46. The fourth-order valence-electron chi connectivity index (χ4n) is 0.510. The van der Waals surface area contributed by atoms with Gasteiger partial charge < -0.3 is 5.73 Å². The van der Waals surface area contributed by atoms with Crippen LogP contribution in [0.1, 0.15) is 0 Å². The highest BCUT2D eigenvalue weighted by Gasteiger charge is 1.91. The predicted octanol–water partition coefficient (Wildman–Crippen LogP) is 0.949. The molecule has 0 fully saturated rings. The van der Waals surface area contributed by atoms with Gasteiger partial charge in [-0.3, -0.25) is 0 Å². The summed E-state index contributed by atoms with van der Waals surface area (Å²) in [4.78, 5) is 8.03. The van der Waals surface area contributed by atoms with Crippen molar-refractivity contribution in [3.63, 3.8) is 0 Å². The molecule has 0 aliphatic heterocycles. The van der Waals surface area contributed by atoms with Gasteiger partial charge in [-0.2, -0.15) is 0 Å². The van der Waals surface area contributed by atoms with Gasteiger partial charge in [0.1, 0.15) is 0 Å². The fraction of sp³-hybridized carbons (Fsp3) is 0.333. The van der Waals surface area contributed by atoms with Crippen molar-refractivity contribution in [2.45, 2.75) is 5.16 Å². The summed E-state index contributed by atoms with van der Waals surface area (Å²) < 4.78 is 0. The lowest BCUT2D eigenvalue weighted by atomic mass is 10.7. The first-order chi connectivity index (χ1) is 4.93. The molecule has 3 nitrogen and oxygen atoms in total. The molecule has 0 saturated carbocycles. The van der Waals surface area contributed by atoms with E-state index in [4.69, 9.17) is 5.73 Å². The first-order valence-corrected chi connectivity index (χ1v) is 4.02. The second kappa shape index (κ2) is 6.39. The third-order valence-corrected chi connectivity index (χ3v) is 1.80. The van der Waals surface area contributed by atoms with Crippen LogP contribution in [0.5, 0.6) is 0 Å². The zero-order valence-corrected chi connectivity index (χ0v) is 7.57. The Kier molecular flexibility index (Phi) is 6.21. The molecule has 62 valence electrons. The van der Waals surface area contributed by atoms with Crippen molar-refractivity contribution in [1.29, 1.82) is 0 Å². The quantitative estimate of drug-likeness (QED) is 0.571. The topological polar surface area (TPSA) is 51.8 Å². The number of nitrogens with two attached hydrogens (primary N) is 1. The van der Waals surface area contributed by atoms with Gasteiger partial charge in [0.05, 0.1) is 0 Å². The second-order valence-corrected chi connectivity index (χ2v) is 2.73. The lowest BCUT2D eigenvalue weighted by Crippen LogP contribution is -2.01. The predicted molar refractivity (Wildman–Crippen MR) is 49.1 cm³/mol. The Morgan fingerprint density at radius 3 is 2.55 bits per heavy atom. The van der Waals surface area contributed by atoms with Gasteiger partial charge in [-0.05, 0) is 6.07 Å². The number of halogens is 1. The molecule has 5 heteroatoms. The zero-order valence-electron chi connectivity index (χ0n) is 5.93. The third-order valence-electron chi connectivity index (χ3n) is 0.891. The summed E-state index contributed by atoms with van der Waals surface area (Å²) in [5.41, 5.74) is 5.30. The van der Waals surface area contributed by atoms with Crippen molar-refractivity contribution in [3.8, 4) is 0 Å². The highest BCUT2D eigenvalue weighted by Crippen LogP contribution is 2.08. The molecule has 0 amide bonds. The van der Waals surface area contributed by atoms with Crippen molar-refractivity contribution in [1.82, 2.24) is 9.97 Å². The van der Waals surface area contributed by atoms with Gasteiger partial charge in [-0.25, -0.2) is 9.97 Å². The largest absolute Gasteiger partial charge is 0.330 e. The van der Waals surface area contributed by atoms with Crippen molar-refractivity contribution in [2.75, 3.05) is 12.3 Å². The fourth-order valence-corrected chi connectivity index (χ4v) is 1.08. The molecule has 1 heterocycles. The maximum atomic E-state index is 5.30. The molecule has 0 atom stereocenters. The number of hydrogen-bond donors (Lipinski definition) is 1. The Labute approximate surface area is 76.2 Å². The van der Waals surface area contributed by atoms with Crippen LogP contribution in [0.25, 0.3) is 0 Å². The molecule has 0 spiro atoms. The molecule has 0 bridgehead atoms. The standard InChI is InChI=1S/C6H9N3S.ClH/c7-2-5-10-6-8-3-1-4-9-6;/h1,3-4H,2,5,7H2;1H. The Hall–Kier alpha value is -0.320. The number of thioether (sulfide) groups is 1. The van der Waals surface area contributed by atoms with Crippen LogP contribution in [0, 0.1) is 0 Å². The zero-order chi connectivity index (χ0) is 7.23. The van der Waals surface area contributed by atoms with Crippen LogP contribution < -0.4 is 5.73 Å². The molecule has 0 aliphatic rings.